The molecule has 2 atom stereocenters. The number of amides is 1. The van der Waals surface area contributed by atoms with Crippen LogP contribution in [0.25, 0.3) is 21.5 Å². The zero-order chi connectivity index (χ0) is 28.9. The molecule has 3 aromatic carbocycles. The molecule has 0 aliphatic heterocycles. The summed E-state index contributed by atoms with van der Waals surface area (Å²) in [4.78, 5) is 14.8. The zero-order valence-electron chi connectivity index (χ0n) is 22.9. The highest BCUT2D eigenvalue weighted by Gasteiger charge is 2.25. The molecular formula is C32H32F2N4O2S. The second kappa shape index (κ2) is 12.7. The van der Waals surface area contributed by atoms with Crippen LogP contribution in [0.5, 0.6) is 0 Å². The molecule has 6 nitrogen and oxygen atoms in total. The van der Waals surface area contributed by atoms with Crippen LogP contribution < -0.4 is 10.6 Å². The standard InChI is InChI=1S/C32H32F2N4O2S/c1-3-20-8-7-9-21(12-20)18-35-19-28(39)27(15-22-13-24(33)16-25(34)14-22)36-31(40)29-17-26-30(23-10-5-4-6-11-23)37-38(2)32(26)41-29/h4-14,16-17,27-28,35,39H,3,15,18-19H2,1-2H3,(H,36,40)/t27-,28+/m0/s1. The average Bonchev–Trinajstić information content (AvgIpc) is 3.53. The van der Waals surface area contributed by atoms with Crippen molar-refractivity contribution in [1.29, 1.82) is 0 Å². The largest absolute Gasteiger partial charge is 0.390 e. The Hall–Kier alpha value is -3.92. The molecule has 0 spiro atoms. The van der Waals surface area contributed by atoms with Crippen molar-refractivity contribution in [3.8, 4) is 11.3 Å². The number of aromatic nitrogens is 2. The highest BCUT2D eigenvalue weighted by Crippen LogP contribution is 2.33. The molecule has 2 aromatic heterocycles. The Morgan fingerprint density at radius 1 is 0.976 bits per heavy atom. The van der Waals surface area contributed by atoms with Crippen LogP contribution >= 0.6 is 11.3 Å². The van der Waals surface area contributed by atoms with Crippen LogP contribution in [0.1, 0.15) is 33.3 Å². The number of carbonyl (C=O) groups is 1. The number of aliphatic hydroxyl groups excluding tert-OH is 1. The topological polar surface area (TPSA) is 79.2 Å². The number of fused-ring (bicyclic) bond motifs is 1. The molecule has 212 valence electrons. The van der Waals surface area contributed by atoms with Gasteiger partial charge in [-0.05, 0) is 47.7 Å². The Bertz CT molecular complexity index is 1630. The van der Waals surface area contributed by atoms with E-state index in [1.165, 1.54) is 29.0 Å². The summed E-state index contributed by atoms with van der Waals surface area (Å²) in [5.74, 6) is -1.79. The van der Waals surface area contributed by atoms with Gasteiger partial charge in [0.2, 0.25) is 0 Å². The number of nitrogens with one attached hydrogen (secondary N) is 2. The Morgan fingerprint density at radius 2 is 1.71 bits per heavy atom. The van der Waals surface area contributed by atoms with Crippen LogP contribution in [0.4, 0.5) is 8.78 Å². The molecule has 1 amide bonds. The Balaban J connectivity index is 1.35. The van der Waals surface area contributed by atoms with Crippen LogP contribution in [0.3, 0.4) is 0 Å². The lowest BCUT2D eigenvalue weighted by Gasteiger charge is -2.25. The highest BCUT2D eigenvalue weighted by molar-refractivity contribution is 7.20. The van der Waals surface area contributed by atoms with Gasteiger partial charge in [0.05, 0.1) is 17.0 Å². The fraction of sp³-hybridized carbons (Fsp3) is 0.250. The highest BCUT2D eigenvalue weighted by atomic mass is 32.1. The summed E-state index contributed by atoms with van der Waals surface area (Å²) in [6.07, 6.45) is -0.0401. The molecular weight excluding hydrogens is 542 g/mol. The van der Waals surface area contributed by atoms with Crippen LogP contribution in [0, 0.1) is 11.6 Å². The van der Waals surface area contributed by atoms with Gasteiger partial charge in [0.15, 0.2) is 0 Å². The Labute approximate surface area is 241 Å². The third kappa shape index (κ3) is 6.87. The molecule has 2 heterocycles. The molecule has 0 radical (unpaired) electrons. The molecule has 5 aromatic rings. The number of aliphatic hydroxyl groups is 1. The van der Waals surface area contributed by atoms with Gasteiger partial charge in [-0.1, -0.05) is 61.5 Å². The van der Waals surface area contributed by atoms with Crippen LogP contribution in [-0.2, 0) is 26.4 Å². The van der Waals surface area contributed by atoms with Gasteiger partial charge in [-0.25, -0.2) is 8.78 Å². The fourth-order valence-corrected chi connectivity index (χ4v) is 5.91. The van der Waals surface area contributed by atoms with Gasteiger partial charge in [-0.3, -0.25) is 9.48 Å². The third-order valence-corrected chi connectivity index (χ3v) is 8.22. The van der Waals surface area contributed by atoms with Crippen LogP contribution in [0.15, 0.2) is 78.9 Å². The number of benzene rings is 3. The van der Waals surface area contributed by atoms with E-state index in [0.717, 1.165) is 39.5 Å². The minimum Gasteiger partial charge on any atom is -0.390 e. The minimum absolute atomic E-state index is 0.0519. The third-order valence-electron chi connectivity index (χ3n) is 7.02. The maximum atomic E-state index is 13.9. The quantitative estimate of drug-likeness (QED) is 0.191. The van der Waals surface area contributed by atoms with Crippen molar-refractivity contribution in [1.82, 2.24) is 20.4 Å². The predicted molar refractivity (Wildman–Crippen MR) is 159 cm³/mol. The maximum Gasteiger partial charge on any atom is 0.261 e. The van der Waals surface area contributed by atoms with Gasteiger partial charge in [-0.2, -0.15) is 5.10 Å². The number of aryl methyl sites for hydroxylation is 2. The van der Waals surface area contributed by atoms with Crippen molar-refractivity contribution < 1.29 is 18.7 Å². The summed E-state index contributed by atoms with van der Waals surface area (Å²) in [7, 11) is 1.83. The molecule has 0 bridgehead atoms. The molecule has 0 saturated carbocycles. The van der Waals surface area contributed by atoms with E-state index in [4.69, 9.17) is 0 Å². The minimum atomic E-state index is -1.02. The van der Waals surface area contributed by atoms with Crippen molar-refractivity contribution in [3.05, 3.63) is 112 Å². The van der Waals surface area contributed by atoms with Crippen molar-refractivity contribution in [2.75, 3.05) is 6.54 Å². The molecule has 5 rings (SSSR count). The van der Waals surface area contributed by atoms with Gasteiger partial charge in [0, 0.05) is 37.2 Å². The summed E-state index contributed by atoms with van der Waals surface area (Å²) in [5.41, 5.74) is 4.37. The molecule has 0 fully saturated rings. The van der Waals surface area contributed by atoms with Crippen molar-refractivity contribution in [3.63, 3.8) is 0 Å². The van der Waals surface area contributed by atoms with E-state index in [1.807, 2.05) is 49.5 Å². The number of thiophene rings is 1. The van der Waals surface area contributed by atoms with Crippen molar-refractivity contribution in [2.45, 2.75) is 38.5 Å². The smallest absolute Gasteiger partial charge is 0.261 e. The molecule has 41 heavy (non-hydrogen) atoms. The predicted octanol–water partition coefficient (Wildman–Crippen LogP) is 5.63. The first-order chi connectivity index (χ1) is 19.8. The van der Waals surface area contributed by atoms with E-state index < -0.39 is 23.8 Å². The summed E-state index contributed by atoms with van der Waals surface area (Å²) in [6, 6.07) is 22.2. The molecule has 0 aliphatic carbocycles. The molecule has 3 N–H and O–H groups in total. The zero-order valence-corrected chi connectivity index (χ0v) is 23.7. The second-order valence-electron chi connectivity index (χ2n) is 10.1. The van der Waals surface area contributed by atoms with Gasteiger partial charge in [0.1, 0.15) is 22.2 Å². The van der Waals surface area contributed by atoms with Crippen molar-refractivity contribution >= 4 is 27.5 Å². The van der Waals surface area contributed by atoms with Gasteiger partial charge in [-0.15, -0.1) is 11.3 Å². The lowest BCUT2D eigenvalue weighted by atomic mass is 10.00. The number of rotatable bonds is 11. The van der Waals surface area contributed by atoms with Gasteiger partial charge >= 0.3 is 0 Å². The number of hydrogen-bond acceptors (Lipinski definition) is 5. The Kier molecular flexibility index (Phi) is 8.87. The van der Waals surface area contributed by atoms with Crippen LogP contribution in [-0.4, -0.2) is 39.5 Å². The van der Waals surface area contributed by atoms with E-state index in [9.17, 15) is 18.7 Å². The SMILES string of the molecule is CCc1cccc(CNC[C@@H](O)[C@H](Cc2cc(F)cc(F)c2)NC(=O)c2cc3c(-c4ccccc4)nn(C)c3s2)c1. The van der Waals surface area contributed by atoms with Crippen LogP contribution in [0.2, 0.25) is 0 Å². The first-order valence-corrected chi connectivity index (χ1v) is 14.4. The van der Waals surface area contributed by atoms with Crippen molar-refractivity contribution in [2.24, 2.45) is 7.05 Å². The number of halogens is 2. The molecule has 9 heteroatoms. The lowest BCUT2D eigenvalue weighted by molar-refractivity contribution is 0.0833. The number of carbonyl (C=O) groups excluding carboxylic acids is 1. The molecule has 0 aliphatic rings. The monoisotopic (exact) mass is 574 g/mol. The first kappa shape index (κ1) is 28.6. The Morgan fingerprint density at radius 3 is 2.44 bits per heavy atom. The summed E-state index contributed by atoms with van der Waals surface area (Å²) in [5, 5.41) is 22.8. The fourth-order valence-electron chi connectivity index (χ4n) is 4.93. The van der Waals surface area contributed by atoms with E-state index in [0.29, 0.717) is 17.0 Å². The van der Waals surface area contributed by atoms with Gasteiger partial charge in [0.25, 0.3) is 5.91 Å². The van der Waals surface area contributed by atoms with E-state index >= 15 is 0 Å². The second-order valence-corrected chi connectivity index (χ2v) is 11.1. The molecule has 0 saturated heterocycles. The van der Waals surface area contributed by atoms with E-state index in [2.05, 4.69) is 34.8 Å². The van der Waals surface area contributed by atoms with Gasteiger partial charge < -0.3 is 15.7 Å². The number of hydrogen-bond donors (Lipinski definition) is 3. The maximum absolute atomic E-state index is 13.9. The normalized spacial score (nSPS) is 12.9. The molecule has 0 unspecified atom stereocenters. The van der Waals surface area contributed by atoms with E-state index in [1.54, 1.807) is 10.7 Å². The lowest BCUT2D eigenvalue weighted by Crippen LogP contribution is -2.48. The summed E-state index contributed by atoms with van der Waals surface area (Å²) in [6.45, 7) is 2.80. The number of nitrogens with zero attached hydrogens (tertiary/aromatic N) is 2. The summed E-state index contributed by atoms with van der Waals surface area (Å²) < 4.78 is 29.6. The first-order valence-electron chi connectivity index (χ1n) is 13.5. The van der Waals surface area contributed by atoms with E-state index in [-0.39, 0.29) is 18.9 Å². The average molecular weight is 575 g/mol. The summed E-state index contributed by atoms with van der Waals surface area (Å²) >= 11 is 1.30.